The average Bonchev–Trinajstić information content (AvgIpc) is 3.36. The molecule has 1 heterocycles. The second-order valence-corrected chi connectivity index (χ2v) is 11.1. The number of carboxylic acids is 1. The van der Waals surface area contributed by atoms with Crippen molar-refractivity contribution in [2.24, 2.45) is 18.9 Å². The van der Waals surface area contributed by atoms with Crippen LogP contribution >= 0.6 is 12.4 Å². The summed E-state index contributed by atoms with van der Waals surface area (Å²) in [6, 6.07) is 7.65. The van der Waals surface area contributed by atoms with E-state index in [1.807, 2.05) is 11.8 Å². The fourth-order valence-corrected chi connectivity index (χ4v) is 5.64. The number of tetrazole rings is 1. The number of aliphatic carboxylic acids is 1. The van der Waals surface area contributed by atoms with Crippen LogP contribution in [0.5, 0.6) is 5.75 Å². The highest BCUT2D eigenvalue weighted by molar-refractivity contribution is 5.85. The van der Waals surface area contributed by atoms with E-state index in [1.54, 1.807) is 17.9 Å². The Morgan fingerprint density at radius 3 is 2.27 bits per heavy atom. The first-order valence-corrected chi connectivity index (χ1v) is 14.1. The zero-order valence-electron chi connectivity index (χ0n) is 24.9. The van der Waals surface area contributed by atoms with Crippen molar-refractivity contribution in [1.29, 1.82) is 0 Å². The largest absolute Gasteiger partial charge is 0.573 e. The van der Waals surface area contributed by atoms with Gasteiger partial charge in [0.2, 0.25) is 0 Å². The van der Waals surface area contributed by atoms with Crippen LogP contribution in [-0.4, -0.2) is 50.7 Å². The van der Waals surface area contributed by atoms with E-state index in [0.29, 0.717) is 61.2 Å². The van der Waals surface area contributed by atoms with Crippen molar-refractivity contribution in [3.63, 3.8) is 0 Å². The Kier molecular flexibility index (Phi) is 11.6. The number of alkyl halides is 6. The first-order chi connectivity index (χ1) is 20.6. The summed E-state index contributed by atoms with van der Waals surface area (Å²) in [5.74, 6) is -1.40. The van der Waals surface area contributed by atoms with Crippen LogP contribution in [0.15, 0.2) is 36.4 Å². The molecule has 3 aromatic rings. The third kappa shape index (κ3) is 9.87. The number of anilines is 2. The highest BCUT2D eigenvalue weighted by Gasteiger charge is 2.33. The molecular weight excluding hydrogens is 630 g/mol. The number of aryl methyl sites for hydroxylation is 2. The van der Waals surface area contributed by atoms with Crippen molar-refractivity contribution in [2.45, 2.75) is 65.2 Å². The van der Waals surface area contributed by atoms with E-state index in [9.17, 15) is 36.2 Å². The Balaban J connectivity index is 0.00000552. The van der Waals surface area contributed by atoms with Crippen molar-refractivity contribution in [2.75, 3.05) is 22.9 Å². The SMILES string of the molecule is CCN(C[C@H]1CC[C@H](C(=O)O)CC1)c1ccc(OC(F)(F)F)cc1CN(Cc1cc(C)cc(C(F)(F)F)c1)c1nnn(C)n1.Cl. The smallest absolute Gasteiger partial charge is 0.481 e. The van der Waals surface area contributed by atoms with Crippen molar-refractivity contribution in [3.8, 4) is 5.75 Å². The normalized spacial score (nSPS) is 17.0. The van der Waals surface area contributed by atoms with Gasteiger partial charge in [0, 0.05) is 31.9 Å². The number of carbonyl (C=O) groups is 1. The minimum atomic E-state index is -4.94. The number of aromatic nitrogens is 4. The van der Waals surface area contributed by atoms with Gasteiger partial charge in [0.15, 0.2) is 0 Å². The number of hydrogen-bond acceptors (Lipinski definition) is 7. The van der Waals surface area contributed by atoms with E-state index in [4.69, 9.17) is 0 Å². The molecule has 1 fully saturated rings. The van der Waals surface area contributed by atoms with Crippen LogP contribution in [0, 0.1) is 18.8 Å². The number of benzene rings is 2. The van der Waals surface area contributed by atoms with Crippen molar-refractivity contribution < 1.29 is 41.0 Å². The third-order valence-electron chi connectivity index (χ3n) is 7.66. The predicted molar refractivity (Wildman–Crippen MR) is 156 cm³/mol. The maximum absolute atomic E-state index is 13.6. The average molecular weight is 665 g/mol. The Hall–Kier alpha value is -3.75. The van der Waals surface area contributed by atoms with Gasteiger partial charge in [0.1, 0.15) is 5.75 Å². The topological polar surface area (TPSA) is 96.6 Å². The molecule has 0 radical (unpaired) electrons. The molecule has 0 spiro atoms. The Labute approximate surface area is 262 Å². The van der Waals surface area contributed by atoms with Gasteiger partial charge in [0.25, 0.3) is 5.95 Å². The van der Waals surface area contributed by atoms with E-state index in [2.05, 4.69) is 20.1 Å². The van der Waals surface area contributed by atoms with Crippen LogP contribution in [0.2, 0.25) is 0 Å². The number of ether oxygens (including phenoxy) is 1. The van der Waals surface area contributed by atoms with Crippen LogP contribution in [0.3, 0.4) is 0 Å². The summed E-state index contributed by atoms with van der Waals surface area (Å²) >= 11 is 0. The lowest BCUT2D eigenvalue weighted by atomic mass is 9.81. The van der Waals surface area contributed by atoms with E-state index in [1.165, 1.54) is 30.0 Å². The third-order valence-corrected chi connectivity index (χ3v) is 7.66. The summed E-state index contributed by atoms with van der Waals surface area (Å²) in [4.78, 5) is 16.1. The van der Waals surface area contributed by atoms with Crippen molar-refractivity contribution >= 4 is 30.0 Å². The van der Waals surface area contributed by atoms with Crippen LogP contribution in [0.1, 0.15) is 54.9 Å². The highest BCUT2D eigenvalue weighted by Crippen LogP contribution is 2.35. The zero-order chi connectivity index (χ0) is 32.2. The molecule has 0 unspecified atom stereocenters. The van der Waals surface area contributed by atoms with E-state index in [-0.39, 0.29) is 43.3 Å². The Morgan fingerprint density at radius 2 is 1.71 bits per heavy atom. The molecule has 1 N–H and O–H groups in total. The molecule has 45 heavy (non-hydrogen) atoms. The van der Waals surface area contributed by atoms with Gasteiger partial charge in [-0.15, -0.1) is 30.7 Å². The van der Waals surface area contributed by atoms with E-state index >= 15 is 0 Å². The minimum absolute atomic E-state index is 0. The fourth-order valence-electron chi connectivity index (χ4n) is 5.64. The zero-order valence-corrected chi connectivity index (χ0v) is 25.7. The maximum atomic E-state index is 13.6. The Morgan fingerprint density at radius 1 is 1.02 bits per heavy atom. The molecule has 0 amide bonds. The molecule has 16 heteroatoms. The molecule has 0 aliphatic heterocycles. The van der Waals surface area contributed by atoms with Gasteiger partial charge in [0.05, 0.1) is 18.5 Å². The van der Waals surface area contributed by atoms with Gasteiger partial charge in [-0.1, -0.05) is 16.7 Å². The standard InChI is InChI=1S/C29H34F6N6O3.ClH/c1-4-40(15-19-5-7-21(8-6-19)26(42)43)25-10-9-24(44-29(33,34)35)14-22(25)17-41(27-36-38-39(3)37-27)16-20-11-18(2)12-23(13-20)28(30,31)32;/h9-14,19,21H,4-8,15-17H2,1-3H3,(H,42,43);1H/t19-,21-;. The van der Waals surface area contributed by atoms with E-state index in [0.717, 1.165) is 12.1 Å². The molecule has 9 nitrogen and oxygen atoms in total. The molecule has 0 bridgehead atoms. The summed E-state index contributed by atoms with van der Waals surface area (Å²) in [5.41, 5.74) is 0.880. The molecule has 4 rings (SSSR count). The number of carboxylic acid groups (broad SMARTS) is 1. The molecular formula is C29H35ClF6N6O3. The van der Waals surface area contributed by atoms with Crippen LogP contribution in [-0.2, 0) is 31.1 Å². The van der Waals surface area contributed by atoms with E-state index < -0.39 is 29.8 Å². The van der Waals surface area contributed by atoms with Gasteiger partial charge >= 0.3 is 18.5 Å². The summed E-state index contributed by atoms with van der Waals surface area (Å²) in [5, 5.41) is 21.4. The summed E-state index contributed by atoms with van der Waals surface area (Å²) in [6.07, 6.45) is -7.02. The minimum Gasteiger partial charge on any atom is -0.481 e. The molecule has 1 saturated carbocycles. The molecule has 0 saturated heterocycles. The molecule has 1 aliphatic carbocycles. The quantitative estimate of drug-likeness (QED) is 0.224. The number of hydrogen-bond donors (Lipinski definition) is 1. The van der Waals surface area contributed by atoms with Gasteiger partial charge in [-0.2, -0.15) is 18.0 Å². The molecule has 0 atom stereocenters. The van der Waals surface area contributed by atoms with Crippen molar-refractivity contribution in [1.82, 2.24) is 20.2 Å². The fraction of sp³-hybridized carbons (Fsp3) is 0.517. The lowest BCUT2D eigenvalue weighted by Gasteiger charge is -2.34. The first kappa shape index (κ1) is 35.7. The summed E-state index contributed by atoms with van der Waals surface area (Å²) in [7, 11) is 1.52. The first-order valence-electron chi connectivity index (χ1n) is 14.1. The van der Waals surface area contributed by atoms with Crippen molar-refractivity contribution in [3.05, 3.63) is 58.7 Å². The van der Waals surface area contributed by atoms with Crippen LogP contribution in [0.25, 0.3) is 0 Å². The summed E-state index contributed by atoms with van der Waals surface area (Å²) < 4.78 is 84.5. The van der Waals surface area contributed by atoms with Gasteiger partial charge in [-0.3, -0.25) is 4.79 Å². The highest BCUT2D eigenvalue weighted by atomic mass is 35.5. The number of rotatable bonds is 11. The Bertz CT molecular complexity index is 1440. The monoisotopic (exact) mass is 664 g/mol. The second kappa shape index (κ2) is 14.6. The lowest BCUT2D eigenvalue weighted by Crippen LogP contribution is -2.34. The number of nitrogens with zero attached hydrogens (tertiary/aromatic N) is 6. The molecule has 1 aromatic heterocycles. The summed E-state index contributed by atoms with van der Waals surface area (Å²) in [6.45, 7) is 4.33. The van der Waals surface area contributed by atoms with Gasteiger partial charge in [-0.25, -0.2) is 0 Å². The molecule has 248 valence electrons. The van der Waals surface area contributed by atoms with Crippen LogP contribution in [0.4, 0.5) is 38.0 Å². The van der Waals surface area contributed by atoms with Crippen LogP contribution < -0.4 is 14.5 Å². The second-order valence-electron chi connectivity index (χ2n) is 11.1. The predicted octanol–water partition coefficient (Wildman–Crippen LogP) is 6.78. The molecule has 1 aliphatic rings. The maximum Gasteiger partial charge on any atom is 0.573 e. The molecule has 2 aromatic carbocycles. The van der Waals surface area contributed by atoms with Gasteiger partial charge in [-0.05, 0) is 92.1 Å². The number of halogens is 7. The lowest BCUT2D eigenvalue weighted by molar-refractivity contribution is -0.274. The van der Waals surface area contributed by atoms with Gasteiger partial charge < -0.3 is 19.6 Å².